The molecule has 3 heterocycles. The molecule has 2 N–H and O–H groups in total. The molecule has 39 heavy (non-hydrogen) atoms. The Balaban J connectivity index is 1.36. The van der Waals surface area contributed by atoms with Gasteiger partial charge in [0, 0.05) is 44.6 Å². The van der Waals surface area contributed by atoms with Crippen LogP contribution in [0.15, 0.2) is 30.6 Å². The average Bonchev–Trinajstić information content (AvgIpc) is 3.58. The number of hydrogen-bond donors (Lipinski definition) is 2. The smallest absolute Gasteiger partial charge is 0.305 e. The first kappa shape index (κ1) is 28.0. The van der Waals surface area contributed by atoms with Crippen molar-refractivity contribution < 1.29 is 19.1 Å². The summed E-state index contributed by atoms with van der Waals surface area (Å²) in [4.78, 5) is 51.4. The average molecular weight is 536 g/mol. The van der Waals surface area contributed by atoms with Crippen molar-refractivity contribution in [2.75, 3.05) is 31.8 Å². The molecule has 11 nitrogen and oxygen atoms in total. The number of pyridine rings is 1. The van der Waals surface area contributed by atoms with Crippen molar-refractivity contribution in [3.63, 3.8) is 0 Å². The van der Waals surface area contributed by atoms with Crippen LogP contribution >= 0.6 is 0 Å². The van der Waals surface area contributed by atoms with Crippen LogP contribution in [0.25, 0.3) is 11.0 Å². The number of nitrogens with zero attached hydrogens (tertiary/aromatic N) is 5. The number of carbonyl (C=O) groups excluding carboxylic acids is 3. The van der Waals surface area contributed by atoms with Crippen molar-refractivity contribution in [1.82, 2.24) is 24.4 Å². The molecule has 3 aromatic heterocycles. The zero-order chi connectivity index (χ0) is 27.8. The Morgan fingerprint density at radius 2 is 1.77 bits per heavy atom. The number of nitrogens with one attached hydrogen (secondary N) is 2. The summed E-state index contributed by atoms with van der Waals surface area (Å²) in [5.41, 5.74) is 1.97. The second kappa shape index (κ2) is 13.2. The van der Waals surface area contributed by atoms with E-state index >= 15 is 0 Å². The monoisotopic (exact) mass is 535 g/mol. The Kier molecular flexibility index (Phi) is 9.45. The molecule has 1 saturated carbocycles. The van der Waals surface area contributed by atoms with E-state index in [1.165, 1.54) is 7.11 Å². The lowest BCUT2D eigenvalue weighted by molar-refractivity contribution is -0.140. The largest absolute Gasteiger partial charge is 0.469 e. The van der Waals surface area contributed by atoms with Crippen LogP contribution in [0.5, 0.6) is 0 Å². The molecule has 3 aromatic rings. The summed E-state index contributed by atoms with van der Waals surface area (Å²) >= 11 is 0. The summed E-state index contributed by atoms with van der Waals surface area (Å²) in [5.74, 6) is 0.610. The van der Waals surface area contributed by atoms with Gasteiger partial charge in [-0.2, -0.15) is 4.98 Å². The fourth-order valence-corrected chi connectivity index (χ4v) is 4.88. The van der Waals surface area contributed by atoms with E-state index in [1.54, 1.807) is 43.5 Å². The van der Waals surface area contributed by atoms with Gasteiger partial charge in [-0.15, -0.1) is 0 Å². The molecule has 0 bridgehead atoms. The number of rotatable bonds is 12. The summed E-state index contributed by atoms with van der Waals surface area (Å²) in [5, 5.41) is 6.82. The molecule has 0 unspecified atom stereocenters. The zero-order valence-electron chi connectivity index (χ0n) is 22.9. The van der Waals surface area contributed by atoms with E-state index in [-0.39, 0.29) is 23.8 Å². The van der Waals surface area contributed by atoms with E-state index < -0.39 is 0 Å². The van der Waals surface area contributed by atoms with Gasteiger partial charge in [0.25, 0.3) is 5.91 Å². The fraction of sp³-hybridized carbons (Fsp3) is 0.500. The number of carbonyl (C=O) groups is 3. The summed E-state index contributed by atoms with van der Waals surface area (Å²) < 4.78 is 6.70. The van der Waals surface area contributed by atoms with Gasteiger partial charge in [0.1, 0.15) is 17.2 Å². The van der Waals surface area contributed by atoms with E-state index in [9.17, 15) is 14.4 Å². The molecule has 2 amide bonds. The maximum absolute atomic E-state index is 12.9. The van der Waals surface area contributed by atoms with E-state index in [4.69, 9.17) is 4.98 Å². The van der Waals surface area contributed by atoms with Gasteiger partial charge in [0.15, 0.2) is 0 Å². The van der Waals surface area contributed by atoms with Crippen LogP contribution in [0.4, 0.5) is 17.5 Å². The molecule has 0 aliphatic heterocycles. The highest BCUT2D eigenvalue weighted by atomic mass is 16.5. The van der Waals surface area contributed by atoms with E-state index in [0.29, 0.717) is 36.0 Å². The molecule has 1 aliphatic carbocycles. The van der Waals surface area contributed by atoms with Crippen LogP contribution in [0.3, 0.4) is 0 Å². The van der Waals surface area contributed by atoms with Crippen molar-refractivity contribution >= 4 is 46.3 Å². The number of ether oxygens (including phenoxy) is 1. The number of aromatic nitrogens is 4. The molecule has 0 spiro atoms. The van der Waals surface area contributed by atoms with Crippen molar-refractivity contribution in [3.05, 3.63) is 36.3 Å². The second-order valence-corrected chi connectivity index (χ2v) is 10.1. The third-order valence-electron chi connectivity index (χ3n) is 6.94. The molecule has 11 heteroatoms. The van der Waals surface area contributed by atoms with Crippen molar-refractivity contribution in [2.45, 2.75) is 70.3 Å². The summed E-state index contributed by atoms with van der Waals surface area (Å²) in [6.45, 7) is 0. The van der Waals surface area contributed by atoms with E-state index in [1.807, 2.05) is 6.07 Å². The Morgan fingerprint density at radius 3 is 2.44 bits per heavy atom. The minimum atomic E-state index is -0.199. The third-order valence-corrected chi connectivity index (χ3v) is 6.94. The van der Waals surface area contributed by atoms with Crippen molar-refractivity contribution in [1.29, 1.82) is 0 Å². The molecule has 0 saturated heterocycles. The standard InChI is InChI=1S/C28H37N7O4/c1-34(2)27(38)22-16-19-17-30-28(33-26(19)35(22)21-10-8-9-11-21)32-23-15-14-20(18-29-23)31-24(36)12-6-4-5-7-13-25(37)39-3/h14-18,21H,4-13H2,1-3H3,(H,31,36)(H,29,30,32,33). The van der Waals surface area contributed by atoms with Gasteiger partial charge in [-0.05, 0) is 43.9 Å². The normalized spacial score (nSPS) is 13.4. The van der Waals surface area contributed by atoms with Crippen LogP contribution < -0.4 is 10.6 Å². The molecule has 1 fully saturated rings. The zero-order valence-corrected chi connectivity index (χ0v) is 22.9. The van der Waals surface area contributed by atoms with Crippen LogP contribution in [0.1, 0.15) is 80.7 Å². The second-order valence-electron chi connectivity index (χ2n) is 10.1. The van der Waals surface area contributed by atoms with Crippen LogP contribution in [-0.2, 0) is 14.3 Å². The quantitative estimate of drug-likeness (QED) is 0.249. The number of hydrogen-bond acceptors (Lipinski definition) is 8. The predicted molar refractivity (Wildman–Crippen MR) is 149 cm³/mol. The number of amides is 2. The van der Waals surface area contributed by atoms with Crippen LogP contribution in [-0.4, -0.2) is 63.4 Å². The molecule has 208 valence electrons. The minimum absolute atomic E-state index is 0.0488. The highest BCUT2D eigenvalue weighted by Gasteiger charge is 2.26. The molecule has 0 atom stereocenters. The number of fused-ring (bicyclic) bond motifs is 1. The maximum Gasteiger partial charge on any atom is 0.305 e. The van der Waals surface area contributed by atoms with Crippen molar-refractivity contribution in [2.24, 2.45) is 0 Å². The minimum Gasteiger partial charge on any atom is -0.469 e. The van der Waals surface area contributed by atoms with Crippen LogP contribution in [0.2, 0.25) is 0 Å². The summed E-state index contributed by atoms with van der Waals surface area (Å²) in [6, 6.07) is 5.65. The Morgan fingerprint density at radius 1 is 1.03 bits per heavy atom. The lowest BCUT2D eigenvalue weighted by Crippen LogP contribution is -2.25. The lowest BCUT2D eigenvalue weighted by Gasteiger charge is -2.19. The maximum atomic E-state index is 12.9. The number of anilines is 3. The highest BCUT2D eigenvalue weighted by molar-refractivity contribution is 5.98. The molecular weight excluding hydrogens is 498 g/mol. The molecule has 0 aromatic carbocycles. The van der Waals surface area contributed by atoms with E-state index in [2.05, 4.69) is 29.9 Å². The fourth-order valence-electron chi connectivity index (χ4n) is 4.88. The number of unbranched alkanes of at least 4 members (excludes halogenated alkanes) is 3. The lowest BCUT2D eigenvalue weighted by atomic mass is 10.1. The van der Waals surface area contributed by atoms with Gasteiger partial charge in [0.05, 0.1) is 19.0 Å². The van der Waals surface area contributed by atoms with Gasteiger partial charge in [-0.25, -0.2) is 9.97 Å². The molecule has 4 rings (SSSR count). The number of esters is 1. The molecule has 0 radical (unpaired) electrons. The third kappa shape index (κ3) is 7.30. The van der Waals surface area contributed by atoms with Gasteiger partial charge in [-0.1, -0.05) is 25.7 Å². The Labute approximate surface area is 228 Å². The van der Waals surface area contributed by atoms with Gasteiger partial charge in [0.2, 0.25) is 11.9 Å². The Bertz CT molecular complexity index is 1300. The van der Waals surface area contributed by atoms with Gasteiger partial charge >= 0.3 is 5.97 Å². The molecular formula is C28H37N7O4. The highest BCUT2D eigenvalue weighted by Crippen LogP contribution is 2.35. The van der Waals surface area contributed by atoms with Gasteiger partial charge < -0.3 is 24.8 Å². The summed E-state index contributed by atoms with van der Waals surface area (Å²) in [7, 11) is 4.90. The Hall–Kier alpha value is -4.02. The molecule has 1 aliphatic rings. The van der Waals surface area contributed by atoms with E-state index in [0.717, 1.165) is 62.4 Å². The SMILES string of the molecule is COC(=O)CCCCCCC(=O)Nc1ccc(Nc2ncc3cc(C(=O)N(C)C)n(C4CCCC4)c3n2)nc1. The van der Waals surface area contributed by atoms with Crippen LogP contribution in [0, 0.1) is 0 Å². The number of methoxy groups -OCH3 is 1. The summed E-state index contributed by atoms with van der Waals surface area (Å²) in [6.07, 6.45) is 11.7. The first-order valence-electron chi connectivity index (χ1n) is 13.5. The topological polar surface area (TPSA) is 131 Å². The first-order chi connectivity index (χ1) is 18.9. The predicted octanol–water partition coefficient (Wildman–Crippen LogP) is 4.84. The van der Waals surface area contributed by atoms with Gasteiger partial charge in [-0.3, -0.25) is 14.4 Å². The van der Waals surface area contributed by atoms with Crippen molar-refractivity contribution in [3.8, 4) is 0 Å². The first-order valence-corrected chi connectivity index (χ1v) is 13.5.